The first-order chi connectivity index (χ1) is 23.8. The van der Waals surface area contributed by atoms with Crippen molar-refractivity contribution in [3.05, 3.63) is 131 Å². The number of hydrogen-bond acceptors (Lipinski definition) is 10. The van der Waals surface area contributed by atoms with E-state index in [2.05, 4.69) is 30.0 Å². The number of thiazole rings is 2. The lowest BCUT2D eigenvalue weighted by atomic mass is 10.2. The van der Waals surface area contributed by atoms with Crippen LogP contribution in [0.4, 0.5) is 30.4 Å². The zero-order valence-corrected chi connectivity index (χ0v) is 28.4. The average Bonchev–Trinajstić information content (AvgIpc) is 3.75. The van der Waals surface area contributed by atoms with Crippen molar-refractivity contribution in [2.24, 2.45) is 0 Å². The molecular formula is C32H22F2N6O6S4. The molecular weight excluding hydrogens is 731 g/mol. The van der Waals surface area contributed by atoms with E-state index in [9.17, 15) is 35.2 Å². The van der Waals surface area contributed by atoms with Gasteiger partial charge in [0.25, 0.3) is 31.9 Å². The number of anilines is 4. The zero-order chi connectivity index (χ0) is 35.5. The summed E-state index contributed by atoms with van der Waals surface area (Å²) in [5.41, 5.74) is 1.37. The molecule has 2 amide bonds. The summed E-state index contributed by atoms with van der Waals surface area (Å²) in [4.78, 5) is 34.4. The van der Waals surface area contributed by atoms with Gasteiger partial charge in [-0.25, -0.2) is 35.6 Å². The van der Waals surface area contributed by atoms with Crippen LogP contribution >= 0.6 is 22.7 Å². The van der Waals surface area contributed by atoms with Crippen LogP contribution in [0.3, 0.4) is 0 Å². The third-order valence-electron chi connectivity index (χ3n) is 6.71. The summed E-state index contributed by atoms with van der Waals surface area (Å²) in [5.74, 6) is -2.26. The molecule has 0 saturated heterocycles. The van der Waals surface area contributed by atoms with Crippen LogP contribution in [0, 0.1) is 11.6 Å². The Bertz CT molecular complexity index is 2260. The SMILES string of the molecule is O=C(Nc1nc(-c2csc(NC(=O)c3cccc(NS(=O)(=O)c4ccc(F)cc4)c3)n2)cs1)c1cccc(NS(=O)(=O)c2ccc(F)cc2)c1. The van der Waals surface area contributed by atoms with E-state index < -0.39 is 43.5 Å². The molecule has 2 aromatic heterocycles. The molecule has 0 aliphatic heterocycles. The normalized spacial score (nSPS) is 11.5. The molecule has 2 heterocycles. The van der Waals surface area contributed by atoms with E-state index in [0.717, 1.165) is 71.2 Å². The maximum atomic E-state index is 13.2. The van der Waals surface area contributed by atoms with E-state index in [-0.39, 0.29) is 42.6 Å². The van der Waals surface area contributed by atoms with E-state index >= 15 is 0 Å². The van der Waals surface area contributed by atoms with E-state index in [1.807, 2.05) is 0 Å². The molecule has 0 aliphatic rings. The van der Waals surface area contributed by atoms with Gasteiger partial charge in [0.2, 0.25) is 0 Å². The van der Waals surface area contributed by atoms with Crippen LogP contribution in [0.25, 0.3) is 11.4 Å². The number of aromatic nitrogens is 2. The molecule has 0 atom stereocenters. The van der Waals surface area contributed by atoms with Crippen molar-refractivity contribution in [1.82, 2.24) is 9.97 Å². The van der Waals surface area contributed by atoms with Gasteiger partial charge in [-0.1, -0.05) is 12.1 Å². The van der Waals surface area contributed by atoms with Gasteiger partial charge in [-0.05, 0) is 84.9 Å². The Labute approximate surface area is 292 Å². The first kappa shape index (κ1) is 34.3. The Hall–Kier alpha value is -5.56. The zero-order valence-electron chi connectivity index (χ0n) is 25.1. The fraction of sp³-hybridized carbons (Fsp3) is 0. The van der Waals surface area contributed by atoms with Crippen LogP contribution in [0.2, 0.25) is 0 Å². The van der Waals surface area contributed by atoms with E-state index in [1.165, 1.54) is 48.5 Å². The summed E-state index contributed by atoms with van der Waals surface area (Å²) < 4.78 is 81.8. The van der Waals surface area contributed by atoms with Crippen molar-refractivity contribution in [3.8, 4) is 11.4 Å². The summed E-state index contributed by atoms with van der Waals surface area (Å²) >= 11 is 2.25. The Balaban J connectivity index is 1.07. The van der Waals surface area contributed by atoms with Crippen LogP contribution in [-0.4, -0.2) is 38.6 Å². The maximum absolute atomic E-state index is 13.2. The molecule has 6 rings (SSSR count). The second-order valence-corrected chi connectivity index (χ2v) is 15.3. The smallest absolute Gasteiger partial charge is 0.261 e. The second kappa shape index (κ2) is 14.1. The summed E-state index contributed by atoms with van der Waals surface area (Å²) in [5, 5.41) is 9.10. The molecule has 0 saturated carbocycles. The van der Waals surface area contributed by atoms with Crippen molar-refractivity contribution in [3.63, 3.8) is 0 Å². The van der Waals surface area contributed by atoms with E-state index in [0.29, 0.717) is 11.4 Å². The number of hydrogen-bond donors (Lipinski definition) is 4. The Morgan fingerprint density at radius 1 is 0.560 bits per heavy atom. The van der Waals surface area contributed by atoms with Gasteiger partial charge >= 0.3 is 0 Å². The lowest BCUT2D eigenvalue weighted by Crippen LogP contribution is -2.15. The van der Waals surface area contributed by atoms with Crippen LogP contribution < -0.4 is 20.1 Å². The van der Waals surface area contributed by atoms with Crippen LogP contribution in [0.5, 0.6) is 0 Å². The summed E-state index contributed by atoms with van der Waals surface area (Å²) in [6.45, 7) is 0. The number of carbonyl (C=O) groups is 2. The fourth-order valence-electron chi connectivity index (χ4n) is 4.34. The topological polar surface area (TPSA) is 176 Å². The molecule has 50 heavy (non-hydrogen) atoms. The van der Waals surface area contributed by atoms with Gasteiger partial charge in [-0.15, -0.1) is 22.7 Å². The van der Waals surface area contributed by atoms with Gasteiger partial charge in [-0.2, -0.15) is 0 Å². The number of amides is 2. The van der Waals surface area contributed by atoms with Crippen LogP contribution in [0.1, 0.15) is 20.7 Å². The van der Waals surface area contributed by atoms with Crippen molar-refractivity contribution >= 4 is 76.2 Å². The van der Waals surface area contributed by atoms with Gasteiger partial charge in [-0.3, -0.25) is 29.7 Å². The maximum Gasteiger partial charge on any atom is 0.261 e. The Morgan fingerprint density at radius 2 is 0.940 bits per heavy atom. The predicted molar refractivity (Wildman–Crippen MR) is 186 cm³/mol. The lowest BCUT2D eigenvalue weighted by molar-refractivity contribution is 0.101. The number of rotatable bonds is 11. The van der Waals surface area contributed by atoms with E-state index in [1.54, 1.807) is 10.8 Å². The van der Waals surface area contributed by atoms with Gasteiger partial charge in [0, 0.05) is 33.3 Å². The lowest BCUT2D eigenvalue weighted by Gasteiger charge is -2.09. The standard InChI is InChI=1S/C32H22F2N6O6S4/c33-21-7-11-25(12-8-21)49(43,44)39-23-5-1-3-19(15-23)29(41)37-31-35-27(17-47-31)28-18-48-32(36-28)38-30(42)20-4-2-6-24(16-20)40-50(45,46)26-13-9-22(34)10-14-26/h1-18,39-40H,(H,35,37,41)(H,36,38,42). The highest BCUT2D eigenvalue weighted by Gasteiger charge is 2.18. The quantitative estimate of drug-likeness (QED) is 0.114. The highest BCUT2D eigenvalue weighted by Crippen LogP contribution is 2.29. The number of halogens is 2. The molecule has 0 radical (unpaired) electrons. The molecule has 4 aromatic carbocycles. The Kier molecular flexibility index (Phi) is 9.69. The van der Waals surface area contributed by atoms with Crippen LogP contribution in [-0.2, 0) is 20.0 Å². The first-order valence-electron chi connectivity index (χ1n) is 14.2. The summed E-state index contributed by atoms with van der Waals surface area (Å²) in [6.07, 6.45) is 0. The number of carbonyl (C=O) groups excluding carboxylic acids is 2. The number of benzene rings is 4. The minimum atomic E-state index is -4.03. The molecule has 0 bridgehead atoms. The predicted octanol–water partition coefficient (Wildman–Crippen LogP) is 6.65. The fourth-order valence-corrected chi connectivity index (χ4v) is 7.84. The number of nitrogens with zero attached hydrogens (tertiary/aromatic N) is 2. The van der Waals surface area contributed by atoms with Gasteiger partial charge < -0.3 is 0 Å². The van der Waals surface area contributed by atoms with Crippen molar-refractivity contribution < 1.29 is 35.2 Å². The van der Waals surface area contributed by atoms with Gasteiger partial charge in [0.05, 0.1) is 9.79 Å². The second-order valence-electron chi connectivity index (χ2n) is 10.3. The molecule has 12 nitrogen and oxygen atoms in total. The highest BCUT2D eigenvalue weighted by atomic mass is 32.2. The molecule has 18 heteroatoms. The van der Waals surface area contributed by atoms with Crippen LogP contribution in [0.15, 0.2) is 118 Å². The highest BCUT2D eigenvalue weighted by molar-refractivity contribution is 7.93. The monoisotopic (exact) mass is 752 g/mol. The molecule has 254 valence electrons. The molecule has 0 unspecified atom stereocenters. The number of sulfonamides is 2. The minimum absolute atomic E-state index is 0.122. The van der Waals surface area contributed by atoms with Gasteiger partial charge in [0.15, 0.2) is 10.3 Å². The molecule has 0 aliphatic carbocycles. The molecule has 6 aromatic rings. The minimum Gasteiger partial charge on any atom is -0.298 e. The van der Waals surface area contributed by atoms with Crippen molar-refractivity contribution in [1.29, 1.82) is 0 Å². The third kappa shape index (κ3) is 8.17. The van der Waals surface area contributed by atoms with Crippen molar-refractivity contribution in [2.45, 2.75) is 9.79 Å². The van der Waals surface area contributed by atoms with E-state index in [4.69, 9.17) is 0 Å². The third-order valence-corrected chi connectivity index (χ3v) is 11.0. The summed E-state index contributed by atoms with van der Waals surface area (Å²) in [6, 6.07) is 20.2. The summed E-state index contributed by atoms with van der Waals surface area (Å²) in [7, 11) is -8.05. The first-order valence-corrected chi connectivity index (χ1v) is 18.9. The molecule has 0 spiro atoms. The largest absolute Gasteiger partial charge is 0.298 e. The van der Waals surface area contributed by atoms with Gasteiger partial charge in [0.1, 0.15) is 23.0 Å². The average molecular weight is 753 g/mol. The van der Waals surface area contributed by atoms with Crippen molar-refractivity contribution in [2.75, 3.05) is 20.1 Å². The molecule has 0 fully saturated rings. The number of nitrogens with one attached hydrogen (secondary N) is 4. The molecule has 4 N–H and O–H groups in total. The Morgan fingerprint density at radius 3 is 1.32 bits per heavy atom.